The minimum atomic E-state index is -0.120. The number of nitrogens with two attached hydrogens (primary N) is 1. The Morgan fingerprint density at radius 2 is 2.19 bits per heavy atom. The van der Waals surface area contributed by atoms with Crippen LogP contribution in [0.1, 0.15) is 17.2 Å². The molecule has 0 aliphatic carbocycles. The first-order valence-corrected chi connectivity index (χ1v) is 5.82. The number of benzene rings is 1. The van der Waals surface area contributed by atoms with Gasteiger partial charge >= 0.3 is 0 Å². The van der Waals surface area contributed by atoms with E-state index in [0.29, 0.717) is 5.02 Å². The smallest absolute Gasteiger partial charge is 0.0954 e. The minimum absolute atomic E-state index is 0.120. The van der Waals surface area contributed by atoms with Crippen molar-refractivity contribution in [2.24, 2.45) is 5.84 Å². The lowest BCUT2D eigenvalue weighted by atomic mass is 10.0. The van der Waals surface area contributed by atoms with E-state index in [1.54, 1.807) is 12.5 Å². The highest BCUT2D eigenvalue weighted by Gasteiger charge is 2.16. The molecule has 0 bridgehead atoms. The van der Waals surface area contributed by atoms with Crippen LogP contribution in [0.2, 0.25) is 5.02 Å². The lowest BCUT2D eigenvalue weighted by Gasteiger charge is -2.16. The molecule has 0 radical (unpaired) electrons. The fourth-order valence-corrected chi connectivity index (χ4v) is 2.45. The Balaban J connectivity index is 2.41. The van der Waals surface area contributed by atoms with E-state index < -0.39 is 0 Å². The number of hydrogen-bond donors (Lipinski definition) is 2. The molecule has 1 unspecified atom stereocenters. The van der Waals surface area contributed by atoms with Crippen LogP contribution < -0.4 is 11.3 Å². The number of hydrazine groups is 1. The van der Waals surface area contributed by atoms with Gasteiger partial charge in [0.2, 0.25) is 0 Å². The third kappa shape index (κ3) is 2.30. The molecule has 2 rings (SSSR count). The highest BCUT2D eigenvalue weighted by molar-refractivity contribution is 9.10. The van der Waals surface area contributed by atoms with Gasteiger partial charge in [-0.15, -0.1) is 0 Å². The molecule has 0 spiro atoms. The van der Waals surface area contributed by atoms with Gasteiger partial charge in [0, 0.05) is 15.1 Å². The van der Waals surface area contributed by atoms with E-state index in [4.69, 9.17) is 21.9 Å². The Morgan fingerprint density at radius 3 is 2.75 bits per heavy atom. The van der Waals surface area contributed by atoms with Gasteiger partial charge in [0.25, 0.3) is 0 Å². The molecular formula is C11H10BrClN2O. The van der Waals surface area contributed by atoms with Crippen LogP contribution in [0.3, 0.4) is 0 Å². The third-order valence-electron chi connectivity index (χ3n) is 2.32. The van der Waals surface area contributed by atoms with Crippen LogP contribution in [0.15, 0.2) is 45.7 Å². The molecule has 1 aromatic carbocycles. The van der Waals surface area contributed by atoms with Crippen molar-refractivity contribution in [3.05, 3.63) is 57.4 Å². The van der Waals surface area contributed by atoms with Crippen LogP contribution in [-0.2, 0) is 0 Å². The lowest BCUT2D eigenvalue weighted by Crippen LogP contribution is -2.28. The van der Waals surface area contributed by atoms with Gasteiger partial charge in [-0.3, -0.25) is 5.84 Å². The number of furan rings is 1. The summed E-state index contributed by atoms with van der Waals surface area (Å²) in [6, 6.07) is 7.33. The van der Waals surface area contributed by atoms with Crippen molar-refractivity contribution in [1.82, 2.24) is 5.43 Å². The van der Waals surface area contributed by atoms with E-state index >= 15 is 0 Å². The molecule has 0 saturated heterocycles. The van der Waals surface area contributed by atoms with Crippen molar-refractivity contribution in [2.75, 3.05) is 0 Å². The largest absolute Gasteiger partial charge is 0.472 e. The normalized spacial score (nSPS) is 12.7. The summed E-state index contributed by atoms with van der Waals surface area (Å²) in [5, 5.41) is 0.679. The number of hydrogen-bond acceptors (Lipinski definition) is 3. The Morgan fingerprint density at radius 1 is 1.38 bits per heavy atom. The summed E-state index contributed by atoms with van der Waals surface area (Å²) >= 11 is 9.35. The number of rotatable bonds is 3. The fraction of sp³-hybridized carbons (Fsp3) is 0.0909. The Hall–Kier alpha value is -0.810. The molecular weight excluding hydrogens is 291 g/mol. The van der Waals surface area contributed by atoms with E-state index in [0.717, 1.165) is 15.6 Å². The predicted molar refractivity (Wildman–Crippen MR) is 67.0 cm³/mol. The van der Waals surface area contributed by atoms with Crippen molar-refractivity contribution in [3.63, 3.8) is 0 Å². The van der Waals surface area contributed by atoms with Crippen LogP contribution in [0.4, 0.5) is 0 Å². The van der Waals surface area contributed by atoms with Crippen LogP contribution in [0, 0.1) is 0 Å². The maximum atomic E-state index is 5.89. The molecule has 84 valence electrons. The molecule has 0 saturated carbocycles. The second-order valence-corrected chi connectivity index (χ2v) is 4.61. The monoisotopic (exact) mass is 300 g/mol. The summed E-state index contributed by atoms with van der Waals surface area (Å²) in [5.74, 6) is 5.56. The van der Waals surface area contributed by atoms with Crippen LogP contribution in [0.5, 0.6) is 0 Å². The molecule has 0 amide bonds. The van der Waals surface area contributed by atoms with Gasteiger partial charge in [0.1, 0.15) is 0 Å². The topological polar surface area (TPSA) is 51.2 Å². The standard InChI is InChI=1S/C11H10BrClN2O/c12-10-5-8(13)1-2-9(10)11(15-14)7-3-4-16-6-7/h1-6,11,15H,14H2. The molecule has 1 atom stereocenters. The Labute approximate surface area is 107 Å². The maximum absolute atomic E-state index is 5.89. The van der Waals surface area contributed by atoms with Crippen molar-refractivity contribution in [3.8, 4) is 0 Å². The van der Waals surface area contributed by atoms with E-state index in [1.807, 2.05) is 24.3 Å². The average molecular weight is 302 g/mol. The first kappa shape index (κ1) is 11.7. The molecule has 16 heavy (non-hydrogen) atoms. The zero-order valence-electron chi connectivity index (χ0n) is 8.28. The maximum Gasteiger partial charge on any atom is 0.0954 e. The zero-order chi connectivity index (χ0) is 11.5. The first-order valence-electron chi connectivity index (χ1n) is 4.65. The number of halogens is 2. The molecule has 0 aliphatic rings. The Bertz CT molecular complexity index is 473. The highest BCUT2D eigenvalue weighted by Crippen LogP contribution is 2.30. The predicted octanol–water partition coefficient (Wildman–Crippen LogP) is 3.25. The van der Waals surface area contributed by atoms with Gasteiger partial charge in [-0.1, -0.05) is 33.6 Å². The highest BCUT2D eigenvalue weighted by atomic mass is 79.9. The quantitative estimate of drug-likeness (QED) is 0.676. The lowest BCUT2D eigenvalue weighted by molar-refractivity contribution is 0.553. The summed E-state index contributed by atoms with van der Waals surface area (Å²) in [5.41, 5.74) is 4.72. The summed E-state index contributed by atoms with van der Waals surface area (Å²) in [4.78, 5) is 0. The molecule has 3 nitrogen and oxygen atoms in total. The molecule has 0 fully saturated rings. The molecule has 5 heteroatoms. The van der Waals surface area contributed by atoms with E-state index in [-0.39, 0.29) is 6.04 Å². The van der Waals surface area contributed by atoms with Gasteiger partial charge < -0.3 is 4.42 Å². The summed E-state index contributed by atoms with van der Waals surface area (Å²) in [6.07, 6.45) is 3.27. The van der Waals surface area contributed by atoms with E-state index in [9.17, 15) is 0 Å². The zero-order valence-corrected chi connectivity index (χ0v) is 10.6. The van der Waals surface area contributed by atoms with E-state index in [2.05, 4.69) is 21.4 Å². The molecule has 3 N–H and O–H groups in total. The third-order valence-corrected chi connectivity index (χ3v) is 3.24. The molecule has 1 aromatic heterocycles. The minimum Gasteiger partial charge on any atom is -0.472 e. The van der Waals surface area contributed by atoms with Crippen LogP contribution in [-0.4, -0.2) is 0 Å². The van der Waals surface area contributed by atoms with Crippen LogP contribution >= 0.6 is 27.5 Å². The van der Waals surface area contributed by atoms with Gasteiger partial charge in [-0.25, -0.2) is 5.43 Å². The Kier molecular flexibility index (Phi) is 3.66. The summed E-state index contributed by atoms with van der Waals surface area (Å²) in [7, 11) is 0. The van der Waals surface area contributed by atoms with Gasteiger partial charge in [-0.05, 0) is 23.8 Å². The van der Waals surface area contributed by atoms with Crippen LogP contribution in [0.25, 0.3) is 0 Å². The first-order chi connectivity index (χ1) is 7.72. The molecule has 0 aliphatic heterocycles. The molecule has 1 heterocycles. The van der Waals surface area contributed by atoms with E-state index in [1.165, 1.54) is 0 Å². The van der Waals surface area contributed by atoms with Crippen molar-refractivity contribution in [2.45, 2.75) is 6.04 Å². The summed E-state index contributed by atoms with van der Waals surface area (Å²) in [6.45, 7) is 0. The van der Waals surface area contributed by atoms with Gasteiger partial charge in [-0.2, -0.15) is 0 Å². The molecule has 2 aromatic rings. The number of nitrogens with one attached hydrogen (secondary N) is 1. The van der Waals surface area contributed by atoms with Crippen molar-refractivity contribution in [1.29, 1.82) is 0 Å². The van der Waals surface area contributed by atoms with Gasteiger partial charge in [0.05, 0.1) is 18.6 Å². The second-order valence-electron chi connectivity index (χ2n) is 3.32. The average Bonchev–Trinajstić information content (AvgIpc) is 2.75. The fourth-order valence-electron chi connectivity index (χ4n) is 1.54. The SMILES string of the molecule is NNC(c1ccoc1)c1ccc(Cl)cc1Br. The second kappa shape index (κ2) is 5.01. The van der Waals surface area contributed by atoms with Crippen molar-refractivity contribution >= 4 is 27.5 Å². The van der Waals surface area contributed by atoms with Gasteiger partial charge in [0.15, 0.2) is 0 Å². The summed E-state index contributed by atoms with van der Waals surface area (Å²) < 4.78 is 5.95. The van der Waals surface area contributed by atoms with Crippen molar-refractivity contribution < 1.29 is 4.42 Å².